The highest BCUT2D eigenvalue weighted by Gasteiger charge is 2.41. The van der Waals surface area contributed by atoms with Gasteiger partial charge >= 0.3 is 6.09 Å². The van der Waals surface area contributed by atoms with Gasteiger partial charge < -0.3 is 10.5 Å². The summed E-state index contributed by atoms with van der Waals surface area (Å²) in [7, 11) is 0. The van der Waals surface area contributed by atoms with E-state index in [1.807, 2.05) is 0 Å². The molecule has 116 valence electrons. The first-order chi connectivity index (χ1) is 9.81. The number of Topliss-reactive ketones (excluding diaryl/α,β-unsaturated/α-hetero) is 1. The van der Waals surface area contributed by atoms with Gasteiger partial charge in [-0.25, -0.2) is 9.48 Å². The number of ketones is 1. The lowest BCUT2D eigenvalue weighted by atomic mass is 10.1. The number of ether oxygens (including phenoxy) is 1. The molecule has 0 saturated carbocycles. The van der Waals surface area contributed by atoms with Crippen LogP contribution >= 0.6 is 0 Å². The molecule has 0 bridgehead atoms. The van der Waals surface area contributed by atoms with Crippen molar-refractivity contribution in [3.05, 3.63) is 12.4 Å². The Morgan fingerprint density at radius 1 is 1.43 bits per heavy atom. The molecule has 2 heterocycles. The molecular formula is C13H21N5O3. The van der Waals surface area contributed by atoms with Gasteiger partial charge in [-0.05, 0) is 27.2 Å². The third-order valence-corrected chi connectivity index (χ3v) is 3.29. The number of nitrogens with two attached hydrogens (primary N) is 1. The van der Waals surface area contributed by atoms with E-state index < -0.39 is 17.7 Å². The lowest BCUT2D eigenvalue weighted by Gasteiger charge is -2.27. The number of carbonyl (C=O) groups is 2. The van der Waals surface area contributed by atoms with Crippen molar-refractivity contribution >= 4 is 11.9 Å². The summed E-state index contributed by atoms with van der Waals surface area (Å²) in [6.45, 7) is 5.61. The van der Waals surface area contributed by atoms with E-state index in [1.165, 1.54) is 4.90 Å². The fourth-order valence-corrected chi connectivity index (χ4v) is 2.38. The highest BCUT2D eigenvalue weighted by molar-refractivity contribution is 5.89. The normalized spacial score (nSPS) is 22.4. The molecule has 1 fully saturated rings. The van der Waals surface area contributed by atoms with E-state index in [0.29, 0.717) is 13.0 Å². The number of likely N-dealkylation sites (tertiary alicyclic amines) is 1. The number of nitrogens with zero attached hydrogens (tertiary/aromatic N) is 4. The van der Waals surface area contributed by atoms with Gasteiger partial charge in [-0.15, -0.1) is 5.10 Å². The Labute approximate surface area is 123 Å². The second-order valence-corrected chi connectivity index (χ2v) is 6.09. The van der Waals surface area contributed by atoms with Crippen LogP contribution in [0.15, 0.2) is 12.4 Å². The van der Waals surface area contributed by atoms with Gasteiger partial charge in [0.2, 0.25) is 0 Å². The van der Waals surface area contributed by atoms with Crippen molar-refractivity contribution in [1.29, 1.82) is 0 Å². The molecule has 8 heteroatoms. The van der Waals surface area contributed by atoms with Gasteiger partial charge in [0.25, 0.3) is 0 Å². The Balaban J connectivity index is 2.16. The summed E-state index contributed by atoms with van der Waals surface area (Å²) in [5.74, 6) is -0.177. The third-order valence-electron chi connectivity index (χ3n) is 3.29. The molecule has 21 heavy (non-hydrogen) atoms. The van der Waals surface area contributed by atoms with Gasteiger partial charge in [0.1, 0.15) is 5.60 Å². The van der Waals surface area contributed by atoms with Crippen LogP contribution in [0.5, 0.6) is 0 Å². The van der Waals surface area contributed by atoms with Crippen molar-refractivity contribution in [1.82, 2.24) is 19.9 Å². The molecule has 1 saturated heterocycles. The van der Waals surface area contributed by atoms with Gasteiger partial charge in [0.05, 0.1) is 24.8 Å². The Morgan fingerprint density at radius 3 is 2.67 bits per heavy atom. The molecule has 0 aliphatic carbocycles. The van der Waals surface area contributed by atoms with E-state index in [2.05, 4.69) is 10.3 Å². The van der Waals surface area contributed by atoms with E-state index >= 15 is 0 Å². The largest absolute Gasteiger partial charge is 0.444 e. The molecule has 0 aromatic carbocycles. The maximum atomic E-state index is 12.3. The van der Waals surface area contributed by atoms with Crippen LogP contribution in [0.3, 0.4) is 0 Å². The minimum atomic E-state index is -0.612. The van der Waals surface area contributed by atoms with Crippen LogP contribution in [0.25, 0.3) is 0 Å². The predicted octanol–water partition coefficient (Wildman–Crippen LogP) is 0.356. The quantitative estimate of drug-likeness (QED) is 0.863. The summed E-state index contributed by atoms with van der Waals surface area (Å²) in [5, 5.41) is 7.69. The molecule has 1 amide bonds. The number of rotatable bonds is 3. The molecule has 1 aliphatic rings. The Hall–Kier alpha value is -1.96. The van der Waals surface area contributed by atoms with Crippen LogP contribution in [0.4, 0.5) is 4.79 Å². The van der Waals surface area contributed by atoms with Crippen molar-refractivity contribution in [2.75, 3.05) is 13.1 Å². The lowest BCUT2D eigenvalue weighted by molar-refractivity contribution is -0.122. The fourth-order valence-electron chi connectivity index (χ4n) is 2.38. The Kier molecular flexibility index (Phi) is 4.26. The number of amides is 1. The maximum Gasteiger partial charge on any atom is 0.410 e. The summed E-state index contributed by atoms with van der Waals surface area (Å²) >= 11 is 0. The first kappa shape index (κ1) is 15.4. The molecule has 0 radical (unpaired) electrons. The van der Waals surface area contributed by atoms with Crippen LogP contribution in [0.2, 0.25) is 0 Å². The van der Waals surface area contributed by atoms with Gasteiger partial charge in [0, 0.05) is 12.7 Å². The van der Waals surface area contributed by atoms with Crippen molar-refractivity contribution in [3.8, 4) is 0 Å². The molecular weight excluding hydrogens is 274 g/mol. The molecule has 1 aromatic rings. The second-order valence-electron chi connectivity index (χ2n) is 6.09. The van der Waals surface area contributed by atoms with Crippen molar-refractivity contribution in [2.24, 2.45) is 5.73 Å². The zero-order valence-electron chi connectivity index (χ0n) is 12.5. The van der Waals surface area contributed by atoms with Crippen molar-refractivity contribution < 1.29 is 14.3 Å². The Morgan fingerprint density at radius 2 is 2.14 bits per heavy atom. The smallest absolute Gasteiger partial charge is 0.410 e. The Bertz CT molecular complexity index is 508. The van der Waals surface area contributed by atoms with Crippen LogP contribution in [0, 0.1) is 0 Å². The molecule has 2 N–H and O–H groups in total. The maximum absolute atomic E-state index is 12.3. The van der Waals surface area contributed by atoms with Crippen LogP contribution in [-0.4, -0.2) is 56.5 Å². The van der Waals surface area contributed by atoms with Gasteiger partial charge in [-0.1, -0.05) is 5.21 Å². The predicted molar refractivity (Wildman–Crippen MR) is 74.5 cm³/mol. The first-order valence-corrected chi connectivity index (χ1v) is 6.90. The number of aromatic nitrogens is 3. The summed E-state index contributed by atoms with van der Waals surface area (Å²) in [5.41, 5.74) is 4.83. The summed E-state index contributed by atoms with van der Waals surface area (Å²) in [6, 6.07) is -0.667. The molecule has 0 unspecified atom stereocenters. The van der Waals surface area contributed by atoms with Crippen LogP contribution in [-0.2, 0) is 9.53 Å². The first-order valence-electron chi connectivity index (χ1n) is 6.90. The molecule has 0 spiro atoms. The number of carbonyl (C=O) groups excluding carboxylic acids is 2. The van der Waals surface area contributed by atoms with Crippen molar-refractivity contribution in [2.45, 2.75) is 44.9 Å². The zero-order chi connectivity index (χ0) is 15.6. The molecule has 2 rings (SSSR count). The third kappa shape index (κ3) is 3.57. The molecule has 1 aromatic heterocycles. The van der Waals surface area contributed by atoms with E-state index in [9.17, 15) is 9.59 Å². The highest BCUT2D eigenvalue weighted by Crippen LogP contribution is 2.28. The minimum absolute atomic E-state index is 0.0967. The molecule has 1 aliphatic heterocycles. The number of hydrogen-bond donors (Lipinski definition) is 1. The fraction of sp³-hybridized carbons (Fsp3) is 0.692. The van der Waals surface area contributed by atoms with Gasteiger partial charge in [-0.2, -0.15) is 0 Å². The average Bonchev–Trinajstić information content (AvgIpc) is 3.04. The monoisotopic (exact) mass is 295 g/mol. The second kappa shape index (κ2) is 5.80. The minimum Gasteiger partial charge on any atom is -0.444 e. The highest BCUT2D eigenvalue weighted by atomic mass is 16.6. The SMILES string of the molecule is CC(C)(C)OC(=O)N1C[C@@H](n2ccnn2)C[C@H]1C(=O)CN. The van der Waals surface area contributed by atoms with E-state index in [1.54, 1.807) is 37.8 Å². The van der Waals surface area contributed by atoms with Gasteiger partial charge in [0.15, 0.2) is 5.78 Å². The van der Waals surface area contributed by atoms with Crippen LogP contribution in [0.1, 0.15) is 33.2 Å². The molecule has 2 atom stereocenters. The lowest BCUT2D eigenvalue weighted by Crippen LogP contribution is -2.45. The standard InChI is InChI=1S/C13H21N5O3/c1-13(2,3)21-12(20)17-8-9(18-5-4-15-16-18)6-10(17)11(19)7-14/h4-5,9-10H,6-8,14H2,1-3H3/t9-,10-/m0/s1. The van der Waals surface area contributed by atoms with E-state index in [-0.39, 0.29) is 18.4 Å². The summed E-state index contributed by atoms with van der Waals surface area (Å²) < 4.78 is 7.01. The van der Waals surface area contributed by atoms with Gasteiger partial charge in [-0.3, -0.25) is 9.69 Å². The van der Waals surface area contributed by atoms with E-state index in [4.69, 9.17) is 10.5 Å². The summed E-state index contributed by atoms with van der Waals surface area (Å²) in [6.07, 6.45) is 3.25. The topological polar surface area (TPSA) is 103 Å². The van der Waals surface area contributed by atoms with Crippen LogP contribution < -0.4 is 5.73 Å². The average molecular weight is 295 g/mol. The summed E-state index contributed by atoms with van der Waals surface area (Å²) in [4.78, 5) is 25.7. The number of hydrogen-bond acceptors (Lipinski definition) is 6. The molecule has 8 nitrogen and oxygen atoms in total. The zero-order valence-corrected chi connectivity index (χ0v) is 12.5. The van der Waals surface area contributed by atoms with E-state index in [0.717, 1.165) is 0 Å². The van der Waals surface area contributed by atoms with Crippen molar-refractivity contribution in [3.63, 3.8) is 0 Å².